The van der Waals surface area contributed by atoms with Crippen LogP contribution in [0.4, 0.5) is 5.69 Å². The summed E-state index contributed by atoms with van der Waals surface area (Å²) in [6.07, 6.45) is 1.73. The number of amides is 2. The fourth-order valence-electron chi connectivity index (χ4n) is 3.33. The quantitative estimate of drug-likeness (QED) is 0.439. The number of rotatable bonds is 10. The number of anilines is 1. The summed E-state index contributed by atoms with van der Waals surface area (Å²) in [5.74, 6) is -0.935. The smallest absolute Gasteiger partial charge is 0.244 e. The van der Waals surface area contributed by atoms with Crippen LogP contribution in [0.1, 0.15) is 38.3 Å². The fourth-order valence-corrected chi connectivity index (χ4v) is 4.86. The summed E-state index contributed by atoms with van der Waals surface area (Å²) in [6, 6.07) is 8.65. The van der Waals surface area contributed by atoms with Crippen LogP contribution in [-0.4, -0.2) is 50.0 Å². The van der Waals surface area contributed by atoms with Crippen LogP contribution in [-0.2, 0) is 26.2 Å². The topological polar surface area (TPSA) is 86.8 Å². The van der Waals surface area contributed by atoms with Gasteiger partial charge < -0.3 is 10.2 Å². The van der Waals surface area contributed by atoms with E-state index in [0.717, 1.165) is 10.6 Å². The molecule has 35 heavy (non-hydrogen) atoms. The molecule has 2 aromatic rings. The maximum atomic E-state index is 13.6. The zero-order valence-electron chi connectivity index (χ0n) is 20.3. The third-order valence-corrected chi connectivity index (χ3v) is 7.59. The monoisotopic (exact) mass is 561 g/mol. The van der Waals surface area contributed by atoms with Crippen molar-refractivity contribution in [3.63, 3.8) is 0 Å². The summed E-state index contributed by atoms with van der Waals surface area (Å²) in [5, 5.41) is 3.96. The number of benzene rings is 2. The standard InChI is InChI=1S/C24H30Cl3N3O4S/c1-6-16(3)28-24(32)17(4)29(13-18-8-10-19(25)11-21(18)27)23(31)14-30(35(5,33)34)22-12-20(26)9-7-15(22)2/h7-12,16-17H,6,13-14H2,1-5H3,(H,28,32)/t16-,17+/m1/s1. The van der Waals surface area contributed by atoms with E-state index in [0.29, 0.717) is 32.6 Å². The maximum Gasteiger partial charge on any atom is 0.244 e. The highest BCUT2D eigenvalue weighted by molar-refractivity contribution is 7.92. The van der Waals surface area contributed by atoms with Gasteiger partial charge in [0, 0.05) is 27.7 Å². The van der Waals surface area contributed by atoms with Crippen molar-refractivity contribution in [2.45, 2.75) is 52.7 Å². The predicted molar refractivity (Wildman–Crippen MR) is 143 cm³/mol. The molecule has 192 valence electrons. The lowest BCUT2D eigenvalue weighted by atomic mass is 10.1. The SMILES string of the molecule is CC[C@@H](C)NC(=O)[C@H](C)N(Cc1ccc(Cl)cc1Cl)C(=O)CN(c1cc(Cl)ccc1C)S(C)(=O)=O. The molecular weight excluding hydrogens is 533 g/mol. The molecule has 0 fully saturated rings. The second-order valence-electron chi connectivity index (χ2n) is 8.45. The Bertz CT molecular complexity index is 1190. The highest BCUT2D eigenvalue weighted by Crippen LogP contribution is 2.27. The molecule has 0 saturated heterocycles. The van der Waals surface area contributed by atoms with Crippen LogP contribution in [0.5, 0.6) is 0 Å². The van der Waals surface area contributed by atoms with E-state index in [1.807, 2.05) is 13.8 Å². The van der Waals surface area contributed by atoms with Crippen molar-refractivity contribution in [2.75, 3.05) is 17.1 Å². The summed E-state index contributed by atoms with van der Waals surface area (Å²) in [7, 11) is -3.86. The van der Waals surface area contributed by atoms with Crippen molar-refractivity contribution in [2.24, 2.45) is 0 Å². The Labute approximate surface area is 222 Å². The molecule has 0 aliphatic rings. The second-order valence-corrected chi connectivity index (χ2v) is 11.6. The van der Waals surface area contributed by atoms with E-state index in [4.69, 9.17) is 34.8 Å². The molecule has 1 N–H and O–H groups in total. The van der Waals surface area contributed by atoms with Crippen LogP contribution in [0.2, 0.25) is 15.1 Å². The van der Waals surface area contributed by atoms with Gasteiger partial charge in [-0.25, -0.2) is 8.42 Å². The molecule has 2 atom stereocenters. The fraction of sp³-hybridized carbons (Fsp3) is 0.417. The van der Waals surface area contributed by atoms with E-state index in [9.17, 15) is 18.0 Å². The molecule has 0 unspecified atom stereocenters. The summed E-state index contributed by atoms with van der Waals surface area (Å²) in [5.41, 5.74) is 1.48. The third kappa shape index (κ3) is 8.00. The molecule has 2 amide bonds. The van der Waals surface area contributed by atoms with Crippen LogP contribution in [0.15, 0.2) is 36.4 Å². The van der Waals surface area contributed by atoms with Gasteiger partial charge in [0.2, 0.25) is 21.8 Å². The minimum Gasteiger partial charge on any atom is -0.352 e. The lowest BCUT2D eigenvalue weighted by molar-refractivity contribution is -0.139. The lowest BCUT2D eigenvalue weighted by Gasteiger charge is -2.32. The number of nitrogens with zero attached hydrogens (tertiary/aromatic N) is 2. The zero-order chi connectivity index (χ0) is 26.5. The molecule has 2 aromatic carbocycles. The number of hydrogen-bond donors (Lipinski definition) is 1. The Morgan fingerprint density at radius 1 is 1.03 bits per heavy atom. The van der Waals surface area contributed by atoms with E-state index in [1.165, 1.54) is 11.0 Å². The number of halogens is 3. The normalized spacial score (nSPS) is 13.1. The van der Waals surface area contributed by atoms with Crippen LogP contribution < -0.4 is 9.62 Å². The first-order valence-electron chi connectivity index (χ1n) is 11.0. The Kier molecular flexibility index (Phi) is 10.3. The van der Waals surface area contributed by atoms with Crippen molar-refractivity contribution in [3.05, 3.63) is 62.6 Å². The van der Waals surface area contributed by atoms with Crippen LogP contribution >= 0.6 is 34.8 Å². The summed E-state index contributed by atoms with van der Waals surface area (Å²) < 4.78 is 26.4. The van der Waals surface area contributed by atoms with Gasteiger partial charge in [-0.1, -0.05) is 53.9 Å². The van der Waals surface area contributed by atoms with Crippen molar-refractivity contribution >= 4 is 62.3 Å². The number of carbonyl (C=O) groups is 2. The molecule has 0 aliphatic heterocycles. The second kappa shape index (κ2) is 12.3. The average molecular weight is 563 g/mol. The molecule has 0 bridgehead atoms. The van der Waals surface area contributed by atoms with Gasteiger partial charge in [0.25, 0.3) is 0 Å². The lowest BCUT2D eigenvalue weighted by Crippen LogP contribution is -2.52. The van der Waals surface area contributed by atoms with Crippen molar-refractivity contribution in [3.8, 4) is 0 Å². The molecular formula is C24H30Cl3N3O4S. The number of nitrogens with one attached hydrogen (secondary N) is 1. The van der Waals surface area contributed by atoms with Gasteiger partial charge in [-0.3, -0.25) is 13.9 Å². The van der Waals surface area contributed by atoms with Gasteiger partial charge in [-0.15, -0.1) is 0 Å². The summed E-state index contributed by atoms with van der Waals surface area (Å²) in [4.78, 5) is 27.8. The van der Waals surface area contributed by atoms with E-state index in [1.54, 1.807) is 44.2 Å². The molecule has 0 aromatic heterocycles. The van der Waals surface area contributed by atoms with Crippen LogP contribution in [0.25, 0.3) is 0 Å². The molecule has 7 nitrogen and oxygen atoms in total. The number of hydrogen-bond acceptors (Lipinski definition) is 4. The van der Waals surface area contributed by atoms with Gasteiger partial charge in [-0.2, -0.15) is 0 Å². The van der Waals surface area contributed by atoms with E-state index >= 15 is 0 Å². The largest absolute Gasteiger partial charge is 0.352 e. The minimum absolute atomic E-state index is 0.0178. The van der Waals surface area contributed by atoms with Crippen molar-refractivity contribution in [1.29, 1.82) is 0 Å². The van der Waals surface area contributed by atoms with Gasteiger partial charge in [0.05, 0.1) is 11.9 Å². The average Bonchev–Trinajstić information content (AvgIpc) is 2.77. The highest BCUT2D eigenvalue weighted by Gasteiger charge is 2.31. The molecule has 0 saturated carbocycles. The molecule has 11 heteroatoms. The molecule has 0 heterocycles. The van der Waals surface area contributed by atoms with Crippen LogP contribution in [0, 0.1) is 6.92 Å². The molecule has 0 aliphatic carbocycles. The first-order valence-corrected chi connectivity index (χ1v) is 14.0. The minimum atomic E-state index is -3.86. The molecule has 0 spiro atoms. The van der Waals surface area contributed by atoms with Crippen LogP contribution in [0.3, 0.4) is 0 Å². The summed E-state index contributed by atoms with van der Waals surface area (Å²) in [6.45, 7) is 6.57. The number of sulfonamides is 1. The highest BCUT2D eigenvalue weighted by atomic mass is 35.5. The van der Waals surface area contributed by atoms with Gasteiger partial charge in [-0.05, 0) is 62.6 Å². The zero-order valence-corrected chi connectivity index (χ0v) is 23.4. The van der Waals surface area contributed by atoms with E-state index < -0.39 is 28.5 Å². The third-order valence-electron chi connectivity index (χ3n) is 5.64. The Morgan fingerprint density at radius 3 is 2.20 bits per heavy atom. The summed E-state index contributed by atoms with van der Waals surface area (Å²) >= 11 is 18.4. The van der Waals surface area contributed by atoms with Gasteiger partial charge in [0.15, 0.2) is 0 Å². The Balaban J connectivity index is 2.47. The van der Waals surface area contributed by atoms with Gasteiger partial charge in [0.1, 0.15) is 12.6 Å². The van der Waals surface area contributed by atoms with E-state index in [2.05, 4.69) is 5.32 Å². The van der Waals surface area contributed by atoms with Crippen molar-refractivity contribution in [1.82, 2.24) is 10.2 Å². The first kappa shape index (κ1) is 29.2. The Hall–Kier alpha value is -2.00. The van der Waals surface area contributed by atoms with Crippen molar-refractivity contribution < 1.29 is 18.0 Å². The van der Waals surface area contributed by atoms with Gasteiger partial charge >= 0.3 is 0 Å². The molecule has 2 rings (SSSR count). The maximum absolute atomic E-state index is 13.6. The predicted octanol–water partition coefficient (Wildman–Crippen LogP) is 5.05. The molecule has 0 radical (unpaired) electrons. The number of aryl methyl sites for hydroxylation is 1. The van der Waals surface area contributed by atoms with E-state index in [-0.39, 0.29) is 24.2 Å². The first-order chi connectivity index (χ1) is 16.2. The number of carbonyl (C=O) groups excluding carboxylic acids is 2. The Morgan fingerprint density at radius 2 is 1.63 bits per heavy atom.